The van der Waals surface area contributed by atoms with Crippen molar-refractivity contribution in [2.75, 3.05) is 0 Å². The van der Waals surface area contributed by atoms with E-state index in [0.29, 0.717) is 12.0 Å². The predicted octanol–water partition coefficient (Wildman–Crippen LogP) is 1.48. The zero-order valence-corrected chi connectivity index (χ0v) is 5.79. The van der Waals surface area contributed by atoms with E-state index in [0.717, 1.165) is 6.26 Å². The van der Waals surface area contributed by atoms with Crippen molar-refractivity contribution in [2.45, 2.75) is 13.3 Å². The number of hydrogen-bond donors (Lipinski definition) is 2. The Bertz CT molecular complexity index is 179. The van der Waals surface area contributed by atoms with E-state index in [4.69, 9.17) is 10.2 Å². The van der Waals surface area contributed by atoms with Crippen LogP contribution in [0.1, 0.15) is 13.3 Å². The third-order valence-corrected chi connectivity index (χ3v) is 1.18. The van der Waals surface area contributed by atoms with Crippen LogP contribution in [0.25, 0.3) is 0 Å². The average Bonchev–Trinajstić information content (AvgIpc) is 1.90. The highest BCUT2D eigenvalue weighted by atomic mass is 16.4. The van der Waals surface area contributed by atoms with Crippen LogP contribution in [0.3, 0.4) is 0 Å². The number of carbonyl (C=O) groups is 1. The quantitative estimate of drug-likeness (QED) is 0.356. The molecule has 0 saturated carbocycles. The number of hydrogen-bond acceptors (Lipinski definition) is 2. The number of aliphatic carboxylic acids is 1. The van der Waals surface area contributed by atoms with Crippen molar-refractivity contribution in [1.29, 1.82) is 0 Å². The van der Waals surface area contributed by atoms with Crippen molar-refractivity contribution >= 4 is 5.97 Å². The van der Waals surface area contributed by atoms with Crippen molar-refractivity contribution in [1.82, 2.24) is 0 Å². The number of rotatable bonds is 3. The Morgan fingerprint density at radius 2 is 2.20 bits per heavy atom. The van der Waals surface area contributed by atoms with Gasteiger partial charge in [0.15, 0.2) is 0 Å². The van der Waals surface area contributed by atoms with Crippen LogP contribution in [0.4, 0.5) is 0 Å². The highest BCUT2D eigenvalue weighted by Crippen LogP contribution is 2.10. The minimum atomic E-state index is -1.10. The summed E-state index contributed by atoms with van der Waals surface area (Å²) in [5, 5.41) is 16.8. The van der Waals surface area contributed by atoms with Crippen molar-refractivity contribution in [3.8, 4) is 0 Å². The molecule has 0 atom stereocenters. The van der Waals surface area contributed by atoms with Gasteiger partial charge in [0, 0.05) is 0 Å². The van der Waals surface area contributed by atoms with Crippen molar-refractivity contribution in [2.24, 2.45) is 0 Å². The van der Waals surface area contributed by atoms with Crippen LogP contribution >= 0.6 is 0 Å². The number of carboxylic acids is 1. The normalized spacial score (nSPS) is 11.1. The summed E-state index contributed by atoms with van der Waals surface area (Å²) >= 11 is 0. The SMILES string of the molecule is C=C(C(=O)O)C(=CO)CC. The molecule has 56 valence electrons. The molecule has 0 aliphatic carbocycles. The van der Waals surface area contributed by atoms with Crippen LogP contribution in [0.5, 0.6) is 0 Å². The second-order valence-electron chi connectivity index (χ2n) is 1.79. The summed E-state index contributed by atoms with van der Waals surface area (Å²) in [6.45, 7) is 5.01. The molecule has 0 aliphatic rings. The van der Waals surface area contributed by atoms with Gasteiger partial charge in [-0.15, -0.1) is 0 Å². The maximum absolute atomic E-state index is 10.2. The Morgan fingerprint density at radius 1 is 1.70 bits per heavy atom. The molecule has 0 aromatic carbocycles. The lowest BCUT2D eigenvalue weighted by Crippen LogP contribution is -2.01. The molecule has 0 fully saturated rings. The lowest BCUT2D eigenvalue weighted by molar-refractivity contribution is -0.132. The van der Waals surface area contributed by atoms with Gasteiger partial charge in [-0.3, -0.25) is 0 Å². The summed E-state index contributed by atoms with van der Waals surface area (Å²) in [6, 6.07) is 0. The number of carboxylic acid groups (broad SMARTS) is 1. The summed E-state index contributed by atoms with van der Waals surface area (Å²) in [5.74, 6) is -1.10. The van der Waals surface area contributed by atoms with E-state index >= 15 is 0 Å². The lowest BCUT2D eigenvalue weighted by atomic mass is 10.1. The Balaban J connectivity index is 4.33. The van der Waals surface area contributed by atoms with Gasteiger partial charge >= 0.3 is 5.97 Å². The van der Waals surface area contributed by atoms with Crippen molar-refractivity contribution < 1.29 is 15.0 Å². The largest absolute Gasteiger partial charge is 0.515 e. The van der Waals surface area contributed by atoms with Gasteiger partial charge in [-0.25, -0.2) is 4.79 Å². The molecule has 0 amide bonds. The molecule has 0 radical (unpaired) electrons. The summed E-state index contributed by atoms with van der Waals surface area (Å²) in [7, 11) is 0. The molecule has 2 N–H and O–H groups in total. The van der Waals surface area contributed by atoms with E-state index in [9.17, 15) is 4.79 Å². The average molecular weight is 142 g/mol. The van der Waals surface area contributed by atoms with Gasteiger partial charge in [-0.05, 0) is 12.0 Å². The fourth-order valence-corrected chi connectivity index (χ4v) is 0.520. The van der Waals surface area contributed by atoms with Crippen molar-refractivity contribution in [3.63, 3.8) is 0 Å². The topological polar surface area (TPSA) is 57.5 Å². The van der Waals surface area contributed by atoms with Crippen molar-refractivity contribution in [3.05, 3.63) is 24.0 Å². The first-order valence-electron chi connectivity index (χ1n) is 2.89. The van der Waals surface area contributed by atoms with Crippen LogP contribution in [0, 0.1) is 0 Å². The molecule has 3 nitrogen and oxygen atoms in total. The van der Waals surface area contributed by atoms with Crippen LogP contribution in [0.2, 0.25) is 0 Å². The molecule has 0 aliphatic heterocycles. The Hall–Kier alpha value is -1.25. The zero-order chi connectivity index (χ0) is 8.15. The van der Waals surface area contributed by atoms with E-state index in [2.05, 4.69) is 6.58 Å². The van der Waals surface area contributed by atoms with E-state index < -0.39 is 5.97 Å². The third-order valence-electron chi connectivity index (χ3n) is 1.18. The van der Waals surface area contributed by atoms with Gasteiger partial charge in [0.2, 0.25) is 0 Å². The zero-order valence-electron chi connectivity index (χ0n) is 5.79. The Kier molecular flexibility index (Phi) is 3.25. The first-order valence-corrected chi connectivity index (χ1v) is 2.89. The smallest absolute Gasteiger partial charge is 0.335 e. The highest BCUT2D eigenvalue weighted by molar-refractivity contribution is 5.90. The first kappa shape index (κ1) is 8.75. The molecule has 0 unspecified atom stereocenters. The van der Waals surface area contributed by atoms with Gasteiger partial charge in [0.1, 0.15) is 0 Å². The van der Waals surface area contributed by atoms with Gasteiger partial charge in [-0.1, -0.05) is 13.5 Å². The minimum Gasteiger partial charge on any atom is -0.515 e. The third kappa shape index (κ3) is 1.93. The highest BCUT2D eigenvalue weighted by Gasteiger charge is 2.07. The fraction of sp³-hybridized carbons (Fsp3) is 0.286. The van der Waals surface area contributed by atoms with Gasteiger partial charge in [-0.2, -0.15) is 0 Å². The van der Waals surface area contributed by atoms with Gasteiger partial charge < -0.3 is 10.2 Å². The van der Waals surface area contributed by atoms with E-state index in [1.54, 1.807) is 6.92 Å². The number of aliphatic hydroxyl groups excluding tert-OH is 1. The van der Waals surface area contributed by atoms with Gasteiger partial charge in [0.05, 0.1) is 11.8 Å². The molecular formula is C7H10O3. The molecule has 0 saturated heterocycles. The second-order valence-corrected chi connectivity index (χ2v) is 1.79. The monoisotopic (exact) mass is 142 g/mol. The van der Waals surface area contributed by atoms with E-state index in [1.807, 2.05) is 0 Å². The molecule has 10 heavy (non-hydrogen) atoms. The minimum absolute atomic E-state index is 0.0509. The van der Waals surface area contributed by atoms with Crippen LogP contribution in [0.15, 0.2) is 24.0 Å². The molecule has 0 aromatic rings. The molecule has 0 spiro atoms. The Morgan fingerprint density at radius 3 is 2.30 bits per heavy atom. The molecule has 0 aromatic heterocycles. The summed E-state index contributed by atoms with van der Waals surface area (Å²) in [5.41, 5.74) is 0.303. The molecule has 0 bridgehead atoms. The standard InChI is InChI=1S/C7H10O3/c1-3-6(4-8)5(2)7(9)10/h4,8H,2-3H2,1H3,(H,9,10). The predicted molar refractivity (Wildman–Crippen MR) is 37.8 cm³/mol. The van der Waals surface area contributed by atoms with Crippen LogP contribution in [-0.2, 0) is 4.79 Å². The number of aliphatic hydroxyl groups is 1. The molecule has 0 rings (SSSR count). The maximum Gasteiger partial charge on any atom is 0.335 e. The van der Waals surface area contributed by atoms with Crippen LogP contribution in [-0.4, -0.2) is 16.2 Å². The first-order chi connectivity index (χ1) is 4.63. The molecule has 3 heteroatoms. The molecular weight excluding hydrogens is 132 g/mol. The molecule has 0 heterocycles. The summed E-state index contributed by atoms with van der Waals surface area (Å²) in [6.07, 6.45) is 1.25. The van der Waals surface area contributed by atoms with E-state index in [1.165, 1.54) is 0 Å². The van der Waals surface area contributed by atoms with Crippen LogP contribution < -0.4 is 0 Å². The maximum atomic E-state index is 10.2. The Labute approximate surface area is 59.3 Å². The van der Waals surface area contributed by atoms with E-state index in [-0.39, 0.29) is 5.57 Å². The summed E-state index contributed by atoms with van der Waals surface area (Å²) in [4.78, 5) is 10.2. The lowest BCUT2D eigenvalue weighted by Gasteiger charge is -1.99. The van der Waals surface area contributed by atoms with Gasteiger partial charge in [0.25, 0.3) is 0 Å². The fourth-order valence-electron chi connectivity index (χ4n) is 0.520. The second kappa shape index (κ2) is 3.71. The summed E-state index contributed by atoms with van der Waals surface area (Å²) < 4.78 is 0.